The number of hydrogen-bond donors (Lipinski definition) is 15. The highest BCUT2D eigenvalue weighted by molar-refractivity contribution is 5.90. The topological polar surface area (TPSA) is 415 Å². The highest BCUT2D eigenvalue weighted by atomic mass is 16.7. The smallest absolute Gasteiger partial charge is 0.317 e. The molecule has 4 aliphatic heterocycles. The van der Waals surface area contributed by atoms with Gasteiger partial charge < -0.3 is 114 Å². The van der Waals surface area contributed by atoms with Crippen LogP contribution in [0.5, 0.6) is 34.5 Å². The number of hydrogen-bond acceptors (Lipinski definition) is 23. The Labute approximate surface area is 342 Å². The summed E-state index contributed by atoms with van der Waals surface area (Å²) in [6.07, 6.45) is -29.6. The minimum Gasteiger partial charge on any atom is -0.571 e. The van der Waals surface area contributed by atoms with Gasteiger partial charge in [0.05, 0.1) is 24.8 Å². The third kappa shape index (κ3) is 9.49. The fourth-order valence-electron chi connectivity index (χ4n) is 6.78. The van der Waals surface area contributed by atoms with Crippen LogP contribution in [-0.2, 0) is 33.3 Å². The lowest BCUT2D eigenvalue weighted by atomic mass is 9.98. The zero-order chi connectivity index (χ0) is 44.6. The van der Waals surface area contributed by atoms with Gasteiger partial charge in [-0.25, -0.2) is 0 Å². The highest BCUT2D eigenvalue weighted by Crippen LogP contribution is 2.49. The van der Waals surface area contributed by atoms with Gasteiger partial charge in [-0.15, -0.1) is 0 Å². The summed E-state index contributed by atoms with van der Waals surface area (Å²) in [4.78, 5) is 22.8. The van der Waals surface area contributed by atoms with Crippen molar-refractivity contribution < 1.29 is 124 Å². The first-order chi connectivity index (χ1) is 28.8. The molecule has 25 heteroatoms. The molecule has 6 rings (SSSR count). The predicted octanol–water partition coefficient (Wildman–Crippen LogP) is -5.66. The van der Waals surface area contributed by atoms with Crippen molar-refractivity contribution in [3.8, 4) is 34.5 Å². The lowest BCUT2D eigenvalue weighted by molar-refractivity contribution is -0.296. The third-order valence-corrected chi connectivity index (χ3v) is 10.1. The molecule has 0 bridgehead atoms. The number of fused-ring (bicyclic) bond motifs is 1. The number of aliphatic hydroxyl groups is 12. The van der Waals surface area contributed by atoms with Crippen LogP contribution in [0.2, 0.25) is 0 Å². The van der Waals surface area contributed by atoms with Crippen LogP contribution in [0.3, 0.4) is 0 Å². The van der Waals surface area contributed by atoms with Gasteiger partial charge in [-0.1, -0.05) is 0 Å². The second-order valence-electron chi connectivity index (χ2n) is 14.4. The van der Waals surface area contributed by atoms with Crippen molar-refractivity contribution in [3.05, 3.63) is 41.2 Å². The largest absolute Gasteiger partial charge is 0.571 e. The Morgan fingerprint density at radius 1 is 0.623 bits per heavy atom. The summed E-state index contributed by atoms with van der Waals surface area (Å²) >= 11 is 0. The van der Waals surface area contributed by atoms with Crippen LogP contribution in [0.25, 0.3) is 6.08 Å². The maximum Gasteiger partial charge on any atom is 0.317 e. The Morgan fingerprint density at radius 3 is 1.59 bits per heavy atom. The molecule has 0 aliphatic carbocycles. The van der Waals surface area contributed by atoms with E-state index in [2.05, 4.69) is 4.74 Å². The fraction of sp³-hybridized carbons (Fsp3) is 0.556. The number of phenols is 3. The lowest BCUT2D eigenvalue weighted by Crippen LogP contribution is -2.60. The van der Waals surface area contributed by atoms with Crippen LogP contribution in [0.1, 0.15) is 23.7 Å². The number of aromatic hydroxyl groups is 4. The average Bonchev–Trinajstić information content (AvgIpc) is 3.21. The van der Waals surface area contributed by atoms with Crippen LogP contribution >= 0.6 is 0 Å². The molecule has 16 N–H and O–H groups in total. The first kappa shape index (κ1) is 45.7. The predicted molar refractivity (Wildman–Crippen MR) is 190 cm³/mol. The Morgan fingerprint density at radius 2 is 1.10 bits per heavy atom. The maximum absolute atomic E-state index is 11.9. The molecule has 16 atom stereocenters. The van der Waals surface area contributed by atoms with Gasteiger partial charge in [0.15, 0.2) is 17.3 Å². The summed E-state index contributed by atoms with van der Waals surface area (Å²) in [6.45, 7) is -2.58. The summed E-state index contributed by atoms with van der Waals surface area (Å²) in [5.41, 5.74) is -0.273. The first-order valence-corrected chi connectivity index (χ1v) is 18.4. The van der Waals surface area contributed by atoms with Crippen molar-refractivity contribution >= 4 is 18.0 Å². The number of carbonyl (C=O) groups excluding carboxylic acids is 1. The molecule has 338 valence electrons. The van der Waals surface area contributed by atoms with E-state index in [0.29, 0.717) is 0 Å². The summed E-state index contributed by atoms with van der Waals surface area (Å²) < 4.78 is 43.3. The van der Waals surface area contributed by atoms with Crippen molar-refractivity contribution in [1.82, 2.24) is 0 Å². The van der Waals surface area contributed by atoms with E-state index in [4.69, 9.17) is 38.3 Å². The summed E-state index contributed by atoms with van der Waals surface area (Å²) in [5.74, 6) is -6.60. The van der Waals surface area contributed by atoms with E-state index in [-0.39, 0.29) is 22.6 Å². The van der Waals surface area contributed by atoms with E-state index in [9.17, 15) is 81.1 Å². The van der Waals surface area contributed by atoms with Gasteiger partial charge in [-0.05, 0) is 12.1 Å². The second-order valence-corrected chi connectivity index (χ2v) is 14.4. The molecule has 2 aromatic rings. The fourth-order valence-corrected chi connectivity index (χ4v) is 6.78. The number of benzene rings is 2. The molecule has 0 saturated carbocycles. The average molecular weight is 878 g/mol. The van der Waals surface area contributed by atoms with E-state index in [1.807, 2.05) is 0 Å². The molecule has 16 unspecified atom stereocenters. The van der Waals surface area contributed by atoms with Gasteiger partial charge in [-0.3, -0.25) is 9.59 Å². The number of esters is 1. The molecule has 3 saturated heterocycles. The molecule has 61 heavy (non-hydrogen) atoms. The van der Waals surface area contributed by atoms with Crippen molar-refractivity contribution in [2.75, 3.05) is 19.8 Å². The molecule has 0 amide bonds. The number of aliphatic hydroxyl groups excluding tert-OH is 11. The first-order valence-electron chi connectivity index (χ1n) is 18.4. The normalized spacial score (nSPS) is 36.1. The maximum atomic E-state index is 11.9. The van der Waals surface area contributed by atoms with Crippen molar-refractivity contribution in [2.24, 2.45) is 0 Å². The third-order valence-electron chi connectivity index (χ3n) is 10.1. The molecular formula is C36H45O25+. The number of carbonyl (C=O) groups is 2. The molecule has 3 fully saturated rings. The Balaban J connectivity index is 1.41. The van der Waals surface area contributed by atoms with E-state index in [1.165, 1.54) is 0 Å². The quantitative estimate of drug-likeness (QED) is 0.0506. The van der Waals surface area contributed by atoms with Crippen LogP contribution in [0.4, 0.5) is 0 Å². The number of rotatable bonds is 13. The second kappa shape index (κ2) is 18.6. The van der Waals surface area contributed by atoms with Gasteiger partial charge in [0, 0.05) is 12.1 Å². The lowest BCUT2D eigenvalue weighted by Gasteiger charge is -2.41. The van der Waals surface area contributed by atoms with E-state index in [0.717, 1.165) is 30.3 Å². The Hall–Kier alpha value is -4.84. The van der Waals surface area contributed by atoms with Gasteiger partial charge in [0.1, 0.15) is 103 Å². The molecular weight excluding hydrogens is 832 g/mol. The van der Waals surface area contributed by atoms with Crippen molar-refractivity contribution in [3.63, 3.8) is 0 Å². The minimum absolute atomic E-state index is 0.0940. The number of aliphatic carboxylic acids is 1. The van der Waals surface area contributed by atoms with Gasteiger partial charge in [0.25, 0.3) is 11.9 Å². The zero-order valence-corrected chi connectivity index (χ0v) is 31.3. The van der Waals surface area contributed by atoms with Gasteiger partial charge in [0.2, 0.25) is 24.6 Å². The Bertz CT molecular complexity index is 1860. The number of ether oxygens (including phenoxy) is 8. The molecule has 0 radical (unpaired) electrons. The molecule has 4 aliphatic rings. The monoisotopic (exact) mass is 877 g/mol. The number of phenolic OH excluding ortho intramolecular Hbond substituents is 3. The van der Waals surface area contributed by atoms with Gasteiger partial charge in [-0.2, -0.15) is 0 Å². The summed E-state index contributed by atoms with van der Waals surface area (Å²) in [7, 11) is 0. The summed E-state index contributed by atoms with van der Waals surface area (Å²) in [5, 5.41) is 156. The standard InChI is InChI=1S/C36H44O25/c37-7-18-24(45)27(48)30(51)34(59-18)56-15-1-10(2-16(23(15)44)57-35-31(52)28(49)25(46)19(8-38)60-35)33-17(5-12-13(40)3-11(39)4-14(12)55-33)58-36-32(53)29(50)26(47)20(61-36)9-54-22(43)6-21(41)42/h1-5,18-20,24-40,44-53H,6-9H2,(H,41,42)/p+1. The van der Waals surface area contributed by atoms with Crippen molar-refractivity contribution in [1.29, 1.82) is 0 Å². The van der Waals surface area contributed by atoms with E-state index < -0.39 is 165 Å². The van der Waals surface area contributed by atoms with E-state index in [1.54, 1.807) is 0 Å². The summed E-state index contributed by atoms with van der Waals surface area (Å²) in [6, 6.07) is 4.10. The van der Waals surface area contributed by atoms with Gasteiger partial charge >= 0.3 is 11.9 Å². The van der Waals surface area contributed by atoms with Crippen LogP contribution in [-0.4, -0.2) is 205 Å². The number of carboxylic acid groups (broad SMARTS) is 1. The molecule has 2 aromatic carbocycles. The zero-order valence-electron chi connectivity index (χ0n) is 31.3. The van der Waals surface area contributed by atoms with Crippen molar-refractivity contribution in [2.45, 2.75) is 105 Å². The van der Waals surface area contributed by atoms with E-state index >= 15 is 0 Å². The van der Waals surface area contributed by atoms with Crippen LogP contribution in [0, 0.1) is 0 Å². The number of carboxylic acids is 1. The Kier molecular flexibility index (Phi) is 14.0. The highest BCUT2D eigenvalue weighted by Gasteiger charge is 2.49. The molecule has 0 aromatic heterocycles. The molecule has 4 heterocycles. The molecule has 0 spiro atoms. The van der Waals surface area contributed by atoms with Crippen LogP contribution < -0.4 is 9.47 Å². The SMILES string of the molecule is O=C(O)CC(=O)OCC1OC(OC2=Cc3c(O)cc(O)cc3[OH+]C2c2cc(OC3OC(CO)C(O)C(O)C3O)c(O)c(OC3OC(CO)C(O)C(O)C3O)c2)C(O)C(O)C1O. The molecule has 25 nitrogen and oxygen atoms in total. The van der Waals surface area contributed by atoms with Crippen LogP contribution in [0.15, 0.2) is 30.0 Å². The minimum atomic E-state index is -2.06.